The monoisotopic (exact) mass is 325 g/mol. The lowest BCUT2D eigenvalue weighted by atomic mass is 10.1. The number of nitrogens with zero attached hydrogens (tertiary/aromatic N) is 1. The van der Waals surface area contributed by atoms with E-state index in [4.69, 9.17) is 16.7 Å². The summed E-state index contributed by atoms with van der Waals surface area (Å²) in [6.07, 6.45) is 0. The Hall–Kier alpha value is -2.63. The number of H-pyrrole nitrogens is 2. The first-order valence-electron chi connectivity index (χ1n) is 7.06. The summed E-state index contributed by atoms with van der Waals surface area (Å²) in [6, 6.07) is 12.8. The number of hydrogen-bond acceptors (Lipinski definition) is 3. The van der Waals surface area contributed by atoms with Gasteiger partial charge in [0.1, 0.15) is 12.3 Å². The van der Waals surface area contributed by atoms with Crippen molar-refractivity contribution in [3.05, 3.63) is 53.1 Å². The number of aliphatic hydroxyl groups excluding tert-OH is 1. The third kappa shape index (κ3) is 2.30. The molecule has 2 aromatic carbocycles. The van der Waals surface area contributed by atoms with Crippen molar-refractivity contribution in [2.45, 2.75) is 0 Å². The van der Waals surface area contributed by atoms with Gasteiger partial charge in [0.05, 0.1) is 11.2 Å². The normalized spacial score (nSPS) is 11.4. The number of carbonyl (C=O) groups is 1. The van der Waals surface area contributed by atoms with E-state index in [1.165, 1.54) is 0 Å². The van der Waals surface area contributed by atoms with E-state index in [0.717, 1.165) is 33.2 Å². The van der Waals surface area contributed by atoms with Crippen molar-refractivity contribution in [2.24, 2.45) is 0 Å². The van der Waals surface area contributed by atoms with Gasteiger partial charge in [-0.25, -0.2) is 0 Å². The maximum atomic E-state index is 11.6. The number of fused-ring (bicyclic) bond motifs is 2. The number of benzene rings is 2. The molecule has 0 spiro atoms. The number of carbonyl (C=O) groups excluding carboxylic acids is 1. The van der Waals surface area contributed by atoms with Gasteiger partial charge in [-0.3, -0.25) is 9.89 Å². The predicted molar refractivity (Wildman–Crippen MR) is 89.8 cm³/mol. The molecule has 3 N–H and O–H groups in total. The van der Waals surface area contributed by atoms with E-state index in [2.05, 4.69) is 15.2 Å². The molecule has 0 saturated carbocycles. The van der Waals surface area contributed by atoms with Crippen LogP contribution >= 0.6 is 11.6 Å². The first kappa shape index (κ1) is 14.0. The number of rotatable bonds is 3. The van der Waals surface area contributed by atoms with Crippen molar-refractivity contribution in [3.8, 4) is 11.4 Å². The molecule has 2 heterocycles. The van der Waals surface area contributed by atoms with Crippen LogP contribution in [0.15, 0.2) is 42.5 Å². The smallest absolute Gasteiger partial charge is 0.188 e. The van der Waals surface area contributed by atoms with Gasteiger partial charge in [0.2, 0.25) is 0 Å². The summed E-state index contributed by atoms with van der Waals surface area (Å²) in [6.45, 7) is -0.493. The average Bonchev–Trinajstić information content (AvgIpc) is 3.15. The van der Waals surface area contributed by atoms with E-state index in [0.29, 0.717) is 10.6 Å². The lowest BCUT2D eigenvalue weighted by molar-refractivity contribution is 0.0904. The van der Waals surface area contributed by atoms with Crippen LogP contribution in [-0.2, 0) is 0 Å². The van der Waals surface area contributed by atoms with Crippen molar-refractivity contribution in [1.82, 2.24) is 15.2 Å². The fraction of sp³-hybridized carbons (Fsp3) is 0.0588. The third-order valence-electron chi connectivity index (χ3n) is 3.87. The van der Waals surface area contributed by atoms with Crippen LogP contribution in [0, 0.1) is 0 Å². The third-order valence-corrected chi connectivity index (χ3v) is 4.10. The van der Waals surface area contributed by atoms with Gasteiger partial charge in [-0.05, 0) is 42.5 Å². The minimum atomic E-state index is -0.493. The molecule has 5 nitrogen and oxygen atoms in total. The van der Waals surface area contributed by atoms with Crippen molar-refractivity contribution < 1.29 is 9.90 Å². The Kier molecular flexibility index (Phi) is 3.18. The lowest BCUT2D eigenvalue weighted by Crippen LogP contribution is -2.03. The fourth-order valence-corrected chi connectivity index (χ4v) is 2.89. The van der Waals surface area contributed by atoms with Gasteiger partial charge in [-0.1, -0.05) is 11.6 Å². The molecule has 0 saturated heterocycles. The number of halogens is 1. The van der Waals surface area contributed by atoms with Gasteiger partial charge < -0.3 is 10.1 Å². The maximum Gasteiger partial charge on any atom is 0.188 e. The molecule has 0 aliphatic rings. The minimum absolute atomic E-state index is 0.297. The second-order valence-electron chi connectivity index (χ2n) is 5.33. The Morgan fingerprint density at radius 1 is 1.13 bits per heavy atom. The zero-order chi connectivity index (χ0) is 16.0. The van der Waals surface area contributed by atoms with E-state index in [1.54, 1.807) is 12.1 Å². The molecule has 0 aliphatic heterocycles. The van der Waals surface area contributed by atoms with Gasteiger partial charge in [-0.2, -0.15) is 5.10 Å². The number of hydrogen-bond donors (Lipinski definition) is 3. The van der Waals surface area contributed by atoms with Crippen LogP contribution in [0.2, 0.25) is 5.02 Å². The summed E-state index contributed by atoms with van der Waals surface area (Å²) in [5.41, 5.74) is 3.90. The summed E-state index contributed by atoms with van der Waals surface area (Å²) in [4.78, 5) is 14.9. The number of ketones is 1. The van der Waals surface area contributed by atoms with E-state index < -0.39 is 6.61 Å². The molecule has 0 radical (unpaired) electrons. The van der Waals surface area contributed by atoms with E-state index >= 15 is 0 Å². The van der Waals surface area contributed by atoms with Crippen LogP contribution in [0.1, 0.15) is 10.4 Å². The number of aromatic amines is 2. The van der Waals surface area contributed by atoms with Crippen molar-refractivity contribution >= 4 is 39.2 Å². The van der Waals surface area contributed by atoms with Crippen LogP contribution < -0.4 is 0 Å². The summed E-state index contributed by atoms with van der Waals surface area (Å²) >= 11 is 5.99. The molecular formula is C17H12ClN3O2. The molecule has 114 valence electrons. The summed E-state index contributed by atoms with van der Waals surface area (Å²) in [7, 11) is 0. The molecule has 0 unspecified atom stereocenters. The highest BCUT2D eigenvalue weighted by Crippen LogP contribution is 2.30. The Labute approximate surface area is 135 Å². The zero-order valence-electron chi connectivity index (χ0n) is 11.9. The Morgan fingerprint density at radius 2 is 2.00 bits per heavy atom. The molecule has 0 aliphatic carbocycles. The topological polar surface area (TPSA) is 81.8 Å². The molecule has 0 amide bonds. The molecule has 23 heavy (non-hydrogen) atoms. The van der Waals surface area contributed by atoms with Crippen molar-refractivity contribution in [1.29, 1.82) is 0 Å². The first-order valence-corrected chi connectivity index (χ1v) is 7.44. The van der Waals surface area contributed by atoms with Crippen molar-refractivity contribution in [2.75, 3.05) is 6.61 Å². The van der Waals surface area contributed by atoms with Crippen molar-refractivity contribution in [3.63, 3.8) is 0 Å². The predicted octanol–water partition coefficient (Wildman–Crippen LogP) is 3.54. The Morgan fingerprint density at radius 3 is 2.83 bits per heavy atom. The molecule has 4 rings (SSSR count). The molecule has 0 atom stereocenters. The molecule has 0 fully saturated rings. The molecule has 0 bridgehead atoms. The van der Waals surface area contributed by atoms with E-state index in [-0.39, 0.29) is 5.78 Å². The molecule has 6 heteroatoms. The highest BCUT2D eigenvalue weighted by molar-refractivity contribution is 6.31. The summed E-state index contributed by atoms with van der Waals surface area (Å²) in [5.74, 6) is -0.297. The van der Waals surface area contributed by atoms with Crippen LogP contribution in [0.5, 0.6) is 0 Å². The summed E-state index contributed by atoms with van der Waals surface area (Å²) in [5, 5.41) is 18.8. The lowest BCUT2D eigenvalue weighted by Gasteiger charge is -1.96. The number of Topliss-reactive ketones (excluding diaryl/α,β-unsaturated/α-hetero) is 1. The number of aromatic nitrogens is 3. The average molecular weight is 326 g/mol. The van der Waals surface area contributed by atoms with Crippen LogP contribution in [0.4, 0.5) is 0 Å². The quantitative estimate of drug-likeness (QED) is 0.504. The molecule has 2 aromatic heterocycles. The van der Waals surface area contributed by atoms with E-state index in [9.17, 15) is 4.79 Å². The SMILES string of the molecule is O=C(CO)c1ccc2[nH]c(-c3n[nH]c4cc(Cl)ccc34)cc2c1. The van der Waals surface area contributed by atoms with Crippen LogP contribution in [-0.4, -0.2) is 32.7 Å². The van der Waals surface area contributed by atoms with Gasteiger partial charge in [-0.15, -0.1) is 0 Å². The van der Waals surface area contributed by atoms with Crippen LogP contribution in [0.25, 0.3) is 33.2 Å². The Bertz CT molecular complexity index is 1050. The highest BCUT2D eigenvalue weighted by Gasteiger charge is 2.12. The van der Waals surface area contributed by atoms with Gasteiger partial charge in [0.15, 0.2) is 5.78 Å². The fourth-order valence-electron chi connectivity index (χ4n) is 2.72. The van der Waals surface area contributed by atoms with Crippen LogP contribution in [0.3, 0.4) is 0 Å². The second-order valence-corrected chi connectivity index (χ2v) is 5.76. The molecule has 4 aromatic rings. The second kappa shape index (κ2) is 5.22. The van der Waals surface area contributed by atoms with Gasteiger partial charge in [0.25, 0.3) is 0 Å². The van der Waals surface area contributed by atoms with Gasteiger partial charge in [0, 0.05) is 26.9 Å². The van der Waals surface area contributed by atoms with Gasteiger partial charge >= 0.3 is 0 Å². The number of aliphatic hydroxyl groups is 1. The zero-order valence-corrected chi connectivity index (χ0v) is 12.7. The standard InChI is InChI=1S/C17H12ClN3O2/c18-11-2-3-12-14(7-11)20-21-17(12)15-6-10-5-9(16(23)8-22)1-4-13(10)19-15/h1-7,19,22H,8H2,(H,20,21). The highest BCUT2D eigenvalue weighted by atomic mass is 35.5. The largest absolute Gasteiger partial charge is 0.388 e. The maximum absolute atomic E-state index is 11.6. The Balaban J connectivity index is 1.86. The first-order chi connectivity index (χ1) is 11.2. The minimum Gasteiger partial charge on any atom is -0.388 e. The number of nitrogens with one attached hydrogen (secondary N) is 2. The molecular weight excluding hydrogens is 314 g/mol. The van der Waals surface area contributed by atoms with E-state index in [1.807, 2.05) is 30.3 Å². The summed E-state index contributed by atoms with van der Waals surface area (Å²) < 4.78 is 0.